The zero-order valence-electron chi connectivity index (χ0n) is 11.3. The Morgan fingerprint density at radius 3 is 2.55 bits per heavy atom. The summed E-state index contributed by atoms with van der Waals surface area (Å²) in [5.74, 6) is 0. The fraction of sp³-hybridized carbons (Fsp3) is 0.357. The van der Waals surface area contributed by atoms with Crippen molar-refractivity contribution in [1.29, 1.82) is 0 Å². The fourth-order valence-electron chi connectivity index (χ4n) is 2.21. The molecule has 0 spiro atoms. The molecule has 0 aliphatic heterocycles. The topological polar surface area (TPSA) is 42.1 Å². The Morgan fingerprint density at radius 2 is 1.95 bits per heavy atom. The quantitative estimate of drug-likeness (QED) is 0.876. The molecule has 0 unspecified atom stereocenters. The van der Waals surface area contributed by atoms with Gasteiger partial charge in [-0.3, -0.25) is 4.98 Å². The Balaban J connectivity index is 2.58. The molecule has 0 aliphatic rings. The number of aromatic nitrogens is 1. The van der Waals surface area contributed by atoms with Crippen LogP contribution in [-0.4, -0.2) is 24.2 Å². The number of nitrogens with two attached hydrogens (primary N) is 1. The van der Waals surface area contributed by atoms with E-state index in [1.54, 1.807) is 38.2 Å². The number of nitrogens with zero attached hydrogens (tertiary/aromatic N) is 2. The second kappa shape index (κ2) is 5.19. The first kappa shape index (κ1) is 14.4. The summed E-state index contributed by atoms with van der Waals surface area (Å²) in [7, 11) is 0. The van der Waals surface area contributed by atoms with Crippen LogP contribution in [0.5, 0.6) is 0 Å². The minimum absolute atomic E-state index is 0.264. The zero-order valence-corrected chi connectivity index (χ0v) is 11.3. The molecular weight excluding hydrogens is 267 g/mol. The lowest BCUT2D eigenvalue weighted by molar-refractivity contribution is -0.119. The van der Waals surface area contributed by atoms with Gasteiger partial charge in [-0.25, -0.2) is 0 Å². The van der Waals surface area contributed by atoms with Crippen molar-refractivity contribution >= 4 is 22.1 Å². The molecule has 2 aromatic rings. The molecule has 0 fully saturated rings. The predicted octanol–water partition coefficient (Wildman–Crippen LogP) is 3.51. The Kier molecular flexibility index (Phi) is 3.74. The first-order valence-electron chi connectivity index (χ1n) is 6.28. The van der Waals surface area contributed by atoms with Crippen LogP contribution >= 0.6 is 0 Å². The predicted molar refractivity (Wildman–Crippen MR) is 74.8 cm³/mol. The monoisotopic (exact) mass is 283 g/mol. The number of aryl methyl sites for hydroxylation is 1. The van der Waals surface area contributed by atoms with Crippen LogP contribution in [0.4, 0.5) is 24.5 Å². The highest BCUT2D eigenvalue weighted by Crippen LogP contribution is 2.32. The Bertz CT molecular complexity index is 623. The fourth-order valence-corrected chi connectivity index (χ4v) is 2.21. The van der Waals surface area contributed by atoms with Crippen LogP contribution in [0.15, 0.2) is 24.4 Å². The van der Waals surface area contributed by atoms with E-state index in [4.69, 9.17) is 5.73 Å². The van der Waals surface area contributed by atoms with Crippen LogP contribution in [0.2, 0.25) is 0 Å². The average Bonchev–Trinajstić information content (AvgIpc) is 2.35. The molecule has 2 N–H and O–H groups in total. The van der Waals surface area contributed by atoms with Gasteiger partial charge in [0.2, 0.25) is 0 Å². The summed E-state index contributed by atoms with van der Waals surface area (Å²) in [6, 6.07) is 5.01. The molecule has 108 valence electrons. The number of fused-ring (bicyclic) bond motifs is 1. The molecule has 0 saturated heterocycles. The Morgan fingerprint density at radius 1 is 1.25 bits per heavy atom. The number of halogens is 3. The Labute approximate surface area is 115 Å². The number of nitrogen functional groups attached to an aromatic ring is 1. The van der Waals surface area contributed by atoms with Crippen LogP contribution in [0.25, 0.3) is 10.8 Å². The molecule has 3 nitrogen and oxygen atoms in total. The first-order valence-corrected chi connectivity index (χ1v) is 6.28. The minimum atomic E-state index is -4.24. The van der Waals surface area contributed by atoms with E-state index in [1.165, 1.54) is 4.90 Å². The van der Waals surface area contributed by atoms with Crippen molar-refractivity contribution in [2.75, 3.05) is 23.7 Å². The van der Waals surface area contributed by atoms with Gasteiger partial charge in [0.05, 0.1) is 0 Å². The van der Waals surface area contributed by atoms with Gasteiger partial charge in [-0.2, -0.15) is 13.2 Å². The summed E-state index contributed by atoms with van der Waals surface area (Å²) in [6.07, 6.45) is -2.64. The van der Waals surface area contributed by atoms with Crippen molar-refractivity contribution in [3.63, 3.8) is 0 Å². The molecule has 2 rings (SSSR count). The molecule has 0 atom stereocenters. The lowest BCUT2D eigenvalue weighted by Gasteiger charge is -2.26. The van der Waals surface area contributed by atoms with Gasteiger partial charge in [0.25, 0.3) is 0 Å². The maximum Gasteiger partial charge on any atom is 0.405 e. The van der Waals surface area contributed by atoms with Crippen molar-refractivity contribution in [2.24, 2.45) is 0 Å². The van der Waals surface area contributed by atoms with Crippen LogP contribution in [-0.2, 0) is 0 Å². The first-order chi connectivity index (χ1) is 9.31. The van der Waals surface area contributed by atoms with Gasteiger partial charge in [-0.15, -0.1) is 0 Å². The van der Waals surface area contributed by atoms with E-state index in [1.807, 2.05) is 0 Å². The molecule has 0 amide bonds. The van der Waals surface area contributed by atoms with Crippen LogP contribution in [0.3, 0.4) is 0 Å². The standard InChI is InChI=1S/C14H16F3N3/c1-3-20(8-14(15,16)17)13-5-4-12(18)11-7-19-9(2)6-10(11)13/h4-7H,3,8,18H2,1-2H3. The summed E-state index contributed by atoms with van der Waals surface area (Å²) in [6.45, 7) is 2.78. The number of benzene rings is 1. The average molecular weight is 283 g/mol. The molecular formula is C14H16F3N3. The van der Waals surface area contributed by atoms with E-state index in [2.05, 4.69) is 4.98 Å². The smallest absolute Gasteiger partial charge is 0.398 e. The van der Waals surface area contributed by atoms with Gasteiger partial charge in [-0.05, 0) is 32.0 Å². The van der Waals surface area contributed by atoms with Gasteiger partial charge in [0.15, 0.2) is 0 Å². The maximum atomic E-state index is 12.7. The molecule has 0 bridgehead atoms. The molecule has 0 aliphatic carbocycles. The molecule has 20 heavy (non-hydrogen) atoms. The second-order valence-electron chi connectivity index (χ2n) is 4.67. The lowest BCUT2D eigenvalue weighted by Crippen LogP contribution is -2.34. The van der Waals surface area contributed by atoms with Crippen LogP contribution in [0.1, 0.15) is 12.6 Å². The molecule has 1 heterocycles. The van der Waals surface area contributed by atoms with E-state index in [-0.39, 0.29) is 6.54 Å². The number of hydrogen-bond donors (Lipinski definition) is 1. The molecule has 0 saturated carbocycles. The normalized spacial score (nSPS) is 11.8. The number of anilines is 2. The SMILES string of the molecule is CCN(CC(F)(F)F)c1ccc(N)c2cnc(C)cc12. The van der Waals surface area contributed by atoms with Gasteiger partial charge < -0.3 is 10.6 Å². The lowest BCUT2D eigenvalue weighted by atomic mass is 10.1. The highest BCUT2D eigenvalue weighted by atomic mass is 19.4. The zero-order chi connectivity index (χ0) is 14.9. The summed E-state index contributed by atoms with van der Waals surface area (Å²) < 4.78 is 38.0. The third-order valence-electron chi connectivity index (χ3n) is 3.14. The van der Waals surface area contributed by atoms with E-state index in [0.717, 1.165) is 5.69 Å². The minimum Gasteiger partial charge on any atom is -0.398 e. The molecule has 1 aromatic heterocycles. The molecule has 0 radical (unpaired) electrons. The van der Waals surface area contributed by atoms with Gasteiger partial charge in [0, 0.05) is 40.6 Å². The second-order valence-corrected chi connectivity index (χ2v) is 4.67. The molecule has 6 heteroatoms. The maximum absolute atomic E-state index is 12.7. The van der Waals surface area contributed by atoms with Crippen LogP contribution < -0.4 is 10.6 Å². The Hall–Kier alpha value is -1.98. The van der Waals surface area contributed by atoms with E-state index >= 15 is 0 Å². The number of pyridine rings is 1. The van der Waals surface area contributed by atoms with Crippen molar-refractivity contribution in [3.05, 3.63) is 30.1 Å². The third-order valence-corrected chi connectivity index (χ3v) is 3.14. The van der Waals surface area contributed by atoms with Gasteiger partial charge >= 0.3 is 6.18 Å². The van der Waals surface area contributed by atoms with E-state index in [9.17, 15) is 13.2 Å². The molecule has 1 aromatic carbocycles. The highest BCUT2D eigenvalue weighted by Gasteiger charge is 2.30. The van der Waals surface area contributed by atoms with Crippen molar-refractivity contribution < 1.29 is 13.2 Å². The number of alkyl halides is 3. The van der Waals surface area contributed by atoms with Crippen molar-refractivity contribution in [2.45, 2.75) is 20.0 Å². The van der Waals surface area contributed by atoms with E-state index in [0.29, 0.717) is 22.1 Å². The summed E-state index contributed by atoms with van der Waals surface area (Å²) in [5, 5.41) is 1.37. The van der Waals surface area contributed by atoms with Crippen molar-refractivity contribution in [1.82, 2.24) is 4.98 Å². The van der Waals surface area contributed by atoms with Gasteiger partial charge in [0.1, 0.15) is 6.54 Å². The van der Waals surface area contributed by atoms with E-state index < -0.39 is 12.7 Å². The summed E-state index contributed by atoms with van der Waals surface area (Å²) >= 11 is 0. The largest absolute Gasteiger partial charge is 0.405 e. The van der Waals surface area contributed by atoms with Crippen molar-refractivity contribution in [3.8, 4) is 0 Å². The number of hydrogen-bond acceptors (Lipinski definition) is 3. The van der Waals surface area contributed by atoms with Crippen LogP contribution in [0, 0.1) is 6.92 Å². The summed E-state index contributed by atoms with van der Waals surface area (Å²) in [5.41, 5.74) is 7.65. The highest BCUT2D eigenvalue weighted by molar-refractivity contribution is 6.01. The van der Waals surface area contributed by atoms with Gasteiger partial charge in [-0.1, -0.05) is 0 Å². The third kappa shape index (κ3) is 2.95. The summed E-state index contributed by atoms with van der Waals surface area (Å²) in [4.78, 5) is 5.44. The number of rotatable bonds is 3.